The summed E-state index contributed by atoms with van der Waals surface area (Å²) in [5.74, 6) is 0.638. The molecule has 0 aliphatic heterocycles. The van der Waals surface area contributed by atoms with Crippen LogP contribution >= 0.6 is 23.2 Å². The van der Waals surface area contributed by atoms with Gasteiger partial charge in [0.15, 0.2) is 0 Å². The van der Waals surface area contributed by atoms with Gasteiger partial charge in [0.2, 0.25) is 0 Å². The van der Waals surface area contributed by atoms with E-state index >= 15 is 0 Å². The lowest BCUT2D eigenvalue weighted by Gasteiger charge is -2.06. The quantitative estimate of drug-likeness (QED) is 0.435. The minimum Gasteiger partial charge on any atom is -0.493 e. The summed E-state index contributed by atoms with van der Waals surface area (Å²) in [5, 5.41) is 11.5. The summed E-state index contributed by atoms with van der Waals surface area (Å²) in [4.78, 5) is 14.5. The zero-order valence-corrected chi connectivity index (χ0v) is 13.1. The van der Waals surface area contributed by atoms with Crippen molar-refractivity contribution in [3.63, 3.8) is 0 Å². The minimum absolute atomic E-state index is 0.0710. The van der Waals surface area contributed by atoms with Crippen molar-refractivity contribution in [1.29, 1.82) is 0 Å². The third-order valence-electron chi connectivity index (χ3n) is 2.75. The molecule has 0 aliphatic carbocycles. The average molecular weight is 339 g/mol. The Balaban J connectivity index is 2.34. The maximum atomic E-state index is 10.9. The van der Waals surface area contributed by atoms with Gasteiger partial charge in [-0.1, -0.05) is 23.2 Å². The number of nitro groups is 1. The van der Waals surface area contributed by atoms with Gasteiger partial charge >= 0.3 is 0 Å². The number of benzene rings is 2. The number of nitrogens with zero attached hydrogens (tertiary/aromatic N) is 2. The summed E-state index contributed by atoms with van der Waals surface area (Å²) in [6.07, 6.45) is 1.55. The Labute approximate surface area is 137 Å². The van der Waals surface area contributed by atoms with Crippen molar-refractivity contribution >= 4 is 40.8 Å². The SMILES string of the molecule is CCOc1ccc(Cl)cc1C=Nc1ccc(Cl)c([N+](=O)[O-])c1. The summed E-state index contributed by atoms with van der Waals surface area (Å²) < 4.78 is 5.48. The molecule has 2 aromatic rings. The minimum atomic E-state index is -0.549. The van der Waals surface area contributed by atoms with Crippen LogP contribution in [0.3, 0.4) is 0 Å². The van der Waals surface area contributed by atoms with Crippen LogP contribution in [0.2, 0.25) is 10.0 Å². The fourth-order valence-electron chi connectivity index (χ4n) is 1.77. The number of nitro benzene ring substituents is 1. The number of hydrogen-bond donors (Lipinski definition) is 0. The number of rotatable bonds is 5. The van der Waals surface area contributed by atoms with E-state index in [2.05, 4.69) is 4.99 Å². The van der Waals surface area contributed by atoms with Crippen molar-refractivity contribution in [2.75, 3.05) is 6.61 Å². The number of ether oxygens (including phenoxy) is 1. The molecule has 0 unspecified atom stereocenters. The molecule has 0 radical (unpaired) electrons. The van der Waals surface area contributed by atoms with Gasteiger partial charge < -0.3 is 4.74 Å². The Morgan fingerprint density at radius 2 is 2.05 bits per heavy atom. The van der Waals surface area contributed by atoms with Crippen LogP contribution in [-0.2, 0) is 0 Å². The zero-order valence-electron chi connectivity index (χ0n) is 11.6. The zero-order chi connectivity index (χ0) is 16.1. The molecular weight excluding hydrogens is 327 g/mol. The van der Waals surface area contributed by atoms with Gasteiger partial charge in [-0.05, 0) is 37.3 Å². The van der Waals surface area contributed by atoms with Crippen molar-refractivity contribution in [2.24, 2.45) is 4.99 Å². The molecule has 0 aromatic heterocycles. The van der Waals surface area contributed by atoms with E-state index < -0.39 is 4.92 Å². The number of aliphatic imine (C=N–C) groups is 1. The predicted molar refractivity (Wildman–Crippen MR) is 88.0 cm³/mol. The van der Waals surface area contributed by atoms with Crippen LogP contribution in [0.25, 0.3) is 0 Å². The Morgan fingerprint density at radius 3 is 2.73 bits per heavy atom. The fourth-order valence-corrected chi connectivity index (χ4v) is 2.14. The fraction of sp³-hybridized carbons (Fsp3) is 0.133. The molecule has 0 amide bonds. The highest BCUT2D eigenvalue weighted by Crippen LogP contribution is 2.29. The molecule has 0 fully saturated rings. The van der Waals surface area contributed by atoms with Gasteiger partial charge in [-0.25, -0.2) is 0 Å². The maximum absolute atomic E-state index is 10.9. The van der Waals surface area contributed by atoms with Gasteiger partial charge in [-0.3, -0.25) is 15.1 Å². The molecule has 0 bridgehead atoms. The smallest absolute Gasteiger partial charge is 0.290 e. The van der Waals surface area contributed by atoms with Crippen LogP contribution < -0.4 is 4.74 Å². The molecule has 0 N–H and O–H groups in total. The van der Waals surface area contributed by atoms with Gasteiger partial charge in [0.1, 0.15) is 10.8 Å². The highest BCUT2D eigenvalue weighted by atomic mass is 35.5. The van der Waals surface area contributed by atoms with Gasteiger partial charge in [-0.2, -0.15) is 0 Å². The molecule has 0 saturated heterocycles. The summed E-state index contributed by atoms with van der Waals surface area (Å²) in [7, 11) is 0. The summed E-state index contributed by atoms with van der Waals surface area (Å²) in [6.45, 7) is 2.38. The van der Waals surface area contributed by atoms with Gasteiger partial charge in [0, 0.05) is 22.9 Å². The van der Waals surface area contributed by atoms with E-state index in [4.69, 9.17) is 27.9 Å². The van der Waals surface area contributed by atoms with Crippen molar-refractivity contribution in [3.8, 4) is 5.75 Å². The van der Waals surface area contributed by atoms with Crippen LogP contribution in [0.4, 0.5) is 11.4 Å². The molecule has 22 heavy (non-hydrogen) atoms. The molecular formula is C15H12Cl2N2O3. The Morgan fingerprint density at radius 1 is 1.27 bits per heavy atom. The largest absolute Gasteiger partial charge is 0.493 e. The second-order valence-electron chi connectivity index (χ2n) is 4.27. The lowest BCUT2D eigenvalue weighted by Crippen LogP contribution is -1.96. The molecule has 114 valence electrons. The van der Waals surface area contributed by atoms with Crippen molar-refractivity contribution in [1.82, 2.24) is 0 Å². The molecule has 0 spiro atoms. The summed E-state index contributed by atoms with van der Waals surface area (Å²) in [5.41, 5.74) is 0.915. The van der Waals surface area contributed by atoms with Crippen molar-refractivity contribution in [2.45, 2.75) is 6.92 Å². The van der Waals surface area contributed by atoms with Crippen molar-refractivity contribution in [3.05, 3.63) is 62.1 Å². The first-order valence-corrected chi connectivity index (χ1v) is 7.17. The van der Waals surface area contributed by atoms with E-state index in [9.17, 15) is 10.1 Å². The average Bonchev–Trinajstić information content (AvgIpc) is 2.48. The van der Waals surface area contributed by atoms with E-state index in [0.717, 1.165) is 0 Å². The molecule has 0 atom stereocenters. The number of hydrogen-bond acceptors (Lipinski definition) is 4. The molecule has 0 heterocycles. The highest BCUT2D eigenvalue weighted by Gasteiger charge is 2.12. The second-order valence-corrected chi connectivity index (χ2v) is 5.11. The van der Waals surface area contributed by atoms with Crippen LogP contribution in [0, 0.1) is 10.1 Å². The van der Waals surface area contributed by atoms with Crippen LogP contribution in [0.15, 0.2) is 41.4 Å². The normalized spacial score (nSPS) is 10.9. The van der Waals surface area contributed by atoms with E-state index in [-0.39, 0.29) is 10.7 Å². The van der Waals surface area contributed by atoms with Gasteiger partial charge in [0.05, 0.1) is 17.2 Å². The lowest BCUT2D eigenvalue weighted by molar-refractivity contribution is -0.384. The van der Waals surface area contributed by atoms with Gasteiger partial charge in [0.25, 0.3) is 5.69 Å². The summed E-state index contributed by atoms with van der Waals surface area (Å²) in [6, 6.07) is 9.52. The molecule has 0 aliphatic rings. The second kappa shape index (κ2) is 7.24. The van der Waals surface area contributed by atoms with E-state index in [0.29, 0.717) is 28.6 Å². The Bertz CT molecular complexity index is 733. The molecule has 7 heteroatoms. The topological polar surface area (TPSA) is 64.7 Å². The monoisotopic (exact) mass is 338 g/mol. The van der Waals surface area contributed by atoms with E-state index in [1.165, 1.54) is 12.1 Å². The first-order chi connectivity index (χ1) is 10.5. The van der Waals surface area contributed by atoms with Crippen LogP contribution in [0.5, 0.6) is 5.75 Å². The van der Waals surface area contributed by atoms with Crippen LogP contribution in [0.1, 0.15) is 12.5 Å². The maximum Gasteiger partial charge on any atom is 0.290 e. The van der Waals surface area contributed by atoms with Crippen LogP contribution in [-0.4, -0.2) is 17.7 Å². The van der Waals surface area contributed by atoms with Crippen molar-refractivity contribution < 1.29 is 9.66 Å². The standard InChI is InChI=1S/C15H12Cl2N2O3/c1-2-22-15-6-3-11(16)7-10(15)9-18-12-4-5-13(17)14(8-12)19(20)21/h3-9H,2H2,1H3. The molecule has 2 rings (SSSR count). The Hall–Kier alpha value is -2.11. The third-order valence-corrected chi connectivity index (χ3v) is 3.31. The summed E-state index contributed by atoms with van der Waals surface area (Å²) >= 11 is 11.7. The van der Waals surface area contributed by atoms with E-state index in [1.54, 1.807) is 30.5 Å². The third kappa shape index (κ3) is 3.96. The molecule has 0 saturated carbocycles. The van der Waals surface area contributed by atoms with E-state index in [1.807, 2.05) is 6.92 Å². The lowest BCUT2D eigenvalue weighted by atomic mass is 10.2. The highest BCUT2D eigenvalue weighted by molar-refractivity contribution is 6.32. The van der Waals surface area contributed by atoms with Gasteiger partial charge in [-0.15, -0.1) is 0 Å². The first kappa shape index (κ1) is 16.3. The molecule has 2 aromatic carbocycles. The first-order valence-electron chi connectivity index (χ1n) is 6.41. The Kier molecular flexibility index (Phi) is 5.35. The molecule has 5 nitrogen and oxygen atoms in total. The number of halogens is 2. The predicted octanol–water partition coefficient (Wildman–Crippen LogP) is 5.05.